The average molecular weight is 306 g/mol. The van der Waals surface area contributed by atoms with E-state index in [2.05, 4.69) is 34.6 Å². The number of rotatable bonds is 2. The lowest BCUT2D eigenvalue weighted by atomic mass is 10.1. The second-order valence-corrected chi connectivity index (χ2v) is 6.16. The number of benzene rings is 2. The molecule has 0 spiro atoms. The van der Waals surface area contributed by atoms with Gasteiger partial charge in [0.15, 0.2) is 0 Å². The van der Waals surface area contributed by atoms with Gasteiger partial charge in [-0.15, -0.1) is 5.10 Å². The predicted octanol–water partition coefficient (Wildman–Crippen LogP) is 2.21. The highest BCUT2D eigenvalue weighted by Crippen LogP contribution is 2.26. The molecule has 1 amide bonds. The van der Waals surface area contributed by atoms with Crippen LogP contribution in [0.1, 0.15) is 21.5 Å². The third-order valence-corrected chi connectivity index (χ3v) is 4.76. The third kappa shape index (κ3) is 2.29. The second-order valence-electron chi connectivity index (χ2n) is 6.16. The predicted molar refractivity (Wildman–Crippen MR) is 88.2 cm³/mol. The van der Waals surface area contributed by atoms with Crippen LogP contribution in [0.3, 0.4) is 0 Å². The van der Waals surface area contributed by atoms with Crippen molar-refractivity contribution in [1.29, 1.82) is 0 Å². The lowest BCUT2D eigenvalue weighted by Crippen LogP contribution is -2.37. The highest BCUT2D eigenvalue weighted by atomic mass is 16.2. The fourth-order valence-corrected chi connectivity index (χ4v) is 3.35. The Morgan fingerprint density at radius 1 is 1.17 bits per heavy atom. The number of likely N-dealkylation sites (N-methyl/N-ethyl adjacent to an activating group) is 1. The van der Waals surface area contributed by atoms with E-state index in [1.54, 1.807) is 4.68 Å². The first-order chi connectivity index (χ1) is 11.1. The molecule has 116 valence electrons. The summed E-state index contributed by atoms with van der Waals surface area (Å²) >= 11 is 0. The van der Waals surface area contributed by atoms with E-state index in [4.69, 9.17) is 0 Å². The van der Waals surface area contributed by atoms with Gasteiger partial charge in [-0.25, -0.2) is 4.68 Å². The number of fused-ring (bicyclic) bond motifs is 2. The van der Waals surface area contributed by atoms with E-state index in [-0.39, 0.29) is 11.9 Å². The highest BCUT2D eigenvalue weighted by Gasteiger charge is 2.28. The largest absolute Gasteiger partial charge is 0.338 e. The summed E-state index contributed by atoms with van der Waals surface area (Å²) in [5.41, 5.74) is 5.04. The molecule has 5 nitrogen and oxygen atoms in total. The molecule has 2 aromatic carbocycles. The minimum absolute atomic E-state index is 0.0374. The van der Waals surface area contributed by atoms with Crippen LogP contribution >= 0.6 is 0 Å². The minimum Gasteiger partial charge on any atom is -0.338 e. The van der Waals surface area contributed by atoms with Crippen molar-refractivity contribution in [2.45, 2.75) is 18.9 Å². The molecule has 0 N–H and O–H groups in total. The molecule has 0 saturated heterocycles. The molecular formula is C18H18N4O. The van der Waals surface area contributed by atoms with Crippen LogP contribution in [0.25, 0.3) is 11.0 Å². The van der Waals surface area contributed by atoms with Gasteiger partial charge in [0.1, 0.15) is 5.52 Å². The minimum atomic E-state index is 0.0374. The Balaban J connectivity index is 1.58. The van der Waals surface area contributed by atoms with Crippen molar-refractivity contribution in [3.05, 3.63) is 59.2 Å². The van der Waals surface area contributed by atoms with Crippen molar-refractivity contribution < 1.29 is 4.79 Å². The fourth-order valence-electron chi connectivity index (χ4n) is 3.35. The summed E-state index contributed by atoms with van der Waals surface area (Å²) in [6, 6.07) is 14.2. The standard InChI is InChI=1S/C18H18N4O/c1-21(15-9-12-5-3-4-6-13(12)10-15)18(23)14-7-8-17-16(11-14)19-20-22(17)2/h3-8,11,15H,9-10H2,1-2H3. The number of hydrogen-bond acceptors (Lipinski definition) is 3. The lowest BCUT2D eigenvalue weighted by Gasteiger charge is -2.24. The Labute approximate surface area is 134 Å². The number of aryl methyl sites for hydroxylation is 1. The number of amides is 1. The van der Waals surface area contributed by atoms with E-state index in [9.17, 15) is 4.79 Å². The van der Waals surface area contributed by atoms with Gasteiger partial charge in [0, 0.05) is 25.7 Å². The maximum Gasteiger partial charge on any atom is 0.253 e. The van der Waals surface area contributed by atoms with E-state index in [0.29, 0.717) is 5.56 Å². The zero-order valence-corrected chi connectivity index (χ0v) is 13.2. The molecule has 0 bridgehead atoms. The maximum atomic E-state index is 12.8. The van der Waals surface area contributed by atoms with Crippen molar-refractivity contribution >= 4 is 16.9 Å². The summed E-state index contributed by atoms with van der Waals surface area (Å²) < 4.78 is 1.71. The Hall–Kier alpha value is -2.69. The van der Waals surface area contributed by atoms with Gasteiger partial charge in [0.05, 0.1) is 5.52 Å². The molecule has 3 aromatic rings. The molecular weight excluding hydrogens is 288 g/mol. The summed E-state index contributed by atoms with van der Waals surface area (Å²) in [5.74, 6) is 0.0374. The van der Waals surface area contributed by atoms with Crippen LogP contribution in [0, 0.1) is 0 Å². The molecule has 0 radical (unpaired) electrons. The molecule has 0 unspecified atom stereocenters. The normalized spacial score (nSPS) is 14.2. The molecule has 5 heteroatoms. The fraction of sp³-hybridized carbons (Fsp3) is 0.278. The van der Waals surface area contributed by atoms with Gasteiger partial charge in [0.2, 0.25) is 0 Å². The van der Waals surface area contributed by atoms with Gasteiger partial charge in [-0.3, -0.25) is 4.79 Å². The topological polar surface area (TPSA) is 51.0 Å². The summed E-state index contributed by atoms with van der Waals surface area (Å²) in [5, 5.41) is 8.08. The van der Waals surface area contributed by atoms with E-state index < -0.39 is 0 Å². The Morgan fingerprint density at radius 2 is 1.87 bits per heavy atom. The molecule has 0 fully saturated rings. The summed E-state index contributed by atoms with van der Waals surface area (Å²) in [4.78, 5) is 14.7. The molecule has 1 heterocycles. The number of aromatic nitrogens is 3. The second kappa shape index (κ2) is 5.19. The van der Waals surface area contributed by atoms with Crippen LogP contribution in [0.5, 0.6) is 0 Å². The van der Waals surface area contributed by atoms with Gasteiger partial charge in [-0.1, -0.05) is 29.5 Å². The first kappa shape index (κ1) is 13.9. The smallest absolute Gasteiger partial charge is 0.253 e. The summed E-state index contributed by atoms with van der Waals surface area (Å²) in [6.07, 6.45) is 1.84. The molecule has 1 aliphatic carbocycles. The maximum absolute atomic E-state index is 12.8. The SMILES string of the molecule is CN(C(=O)c1ccc2c(c1)nnn2C)C1Cc2ccccc2C1. The van der Waals surface area contributed by atoms with Gasteiger partial charge in [-0.2, -0.15) is 0 Å². The van der Waals surface area contributed by atoms with Crippen molar-refractivity contribution in [3.8, 4) is 0 Å². The zero-order chi connectivity index (χ0) is 16.0. The van der Waals surface area contributed by atoms with Crippen molar-refractivity contribution in [2.24, 2.45) is 7.05 Å². The monoisotopic (exact) mass is 306 g/mol. The molecule has 4 rings (SSSR count). The average Bonchev–Trinajstić information content (AvgIpc) is 3.17. The Bertz CT molecular complexity index is 874. The molecule has 0 aliphatic heterocycles. The quantitative estimate of drug-likeness (QED) is 0.729. The van der Waals surface area contributed by atoms with E-state index >= 15 is 0 Å². The molecule has 1 aliphatic rings. The molecule has 0 saturated carbocycles. The first-order valence-electron chi connectivity index (χ1n) is 7.77. The molecule has 0 atom stereocenters. The van der Waals surface area contributed by atoms with Gasteiger partial charge < -0.3 is 4.90 Å². The van der Waals surface area contributed by atoms with Crippen LogP contribution in [0.15, 0.2) is 42.5 Å². The number of hydrogen-bond donors (Lipinski definition) is 0. The van der Waals surface area contributed by atoms with Gasteiger partial charge in [-0.05, 0) is 42.2 Å². The van der Waals surface area contributed by atoms with Crippen molar-refractivity contribution in [3.63, 3.8) is 0 Å². The Morgan fingerprint density at radius 3 is 2.57 bits per heavy atom. The number of nitrogens with zero attached hydrogens (tertiary/aromatic N) is 4. The summed E-state index contributed by atoms with van der Waals surface area (Å²) in [6.45, 7) is 0. The third-order valence-electron chi connectivity index (χ3n) is 4.76. The van der Waals surface area contributed by atoms with E-state index in [1.165, 1.54) is 11.1 Å². The Kier molecular flexibility index (Phi) is 3.15. The van der Waals surface area contributed by atoms with Crippen LogP contribution in [-0.4, -0.2) is 38.9 Å². The highest BCUT2D eigenvalue weighted by molar-refractivity contribution is 5.97. The van der Waals surface area contributed by atoms with Crippen LogP contribution < -0.4 is 0 Å². The van der Waals surface area contributed by atoms with Crippen LogP contribution in [0.2, 0.25) is 0 Å². The van der Waals surface area contributed by atoms with Gasteiger partial charge >= 0.3 is 0 Å². The first-order valence-corrected chi connectivity index (χ1v) is 7.77. The zero-order valence-electron chi connectivity index (χ0n) is 13.2. The van der Waals surface area contributed by atoms with Crippen molar-refractivity contribution in [1.82, 2.24) is 19.9 Å². The van der Waals surface area contributed by atoms with Crippen LogP contribution in [0.4, 0.5) is 0 Å². The van der Waals surface area contributed by atoms with E-state index in [0.717, 1.165) is 23.9 Å². The summed E-state index contributed by atoms with van der Waals surface area (Å²) in [7, 11) is 3.73. The lowest BCUT2D eigenvalue weighted by molar-refractivity contribution is 0.0738. The van der Waals surface area contributed by atoms with Gasteiger partial charge in [0.25, 0.3) is 5.91 Å². The number of carbonyl (C=O) groups is 1. The van der Waals surface area contributed by atoms with Crippen molar-refractivity contribution in [2.75, 3.05) is 7.05 Å². The number of carbonyl (C=O) groups excluding carboxylic acids is 1. The molecule has 1 aromatic heterocycles. The molecule has 23 heavy (non-hydrogen) atoms. The van der Waals surface area contributed by atoms with Crippen LogP contribution in [-0.2, 0) is 19.9 Å². The van der Waals surface area contributed by atoms with E-state index in [1.807, 2.05) is 37.2 Å².